The highest BCUT2D eigenvalue weighted by molar-refractivity contribution is 5.97. The number of hydrogen-bond acceptors (Lipinski definition) is 5. The second kappa shape index (κ2) is 7.21. The molecule has 2 rings (SSSR count). The van der Waals surface area contributed by atoms with Crippen LogP contribution in [-0.2, 0) is 20.9 Å². The average Bonchev–Trinajstić information content (AvgIpc) is 2.63. The molecule has 8 heteroatoms. The van der Waals surface area contributed by atoms with Crippen molar-refractivity contribution in [3.05, 3.63) is 23.8 Å². The Kier molecular flexibility index (Phi) is 5.27. The number of anilines is 2. The minimum atomic E-state index is -0.671. The molecule has 2 N–H and O–H groups in total. The molecule has 0 aliphatic carbocycles. The molecular formula is C17H20N4O4. The fraction of sp³-hybridized carbons (Fsp3) is 0.412. The number of ether oxygens (including phenoxy) is 1. The van der Waals surface area contributed by atoms with Gasteiger partial charge in [0.25, 0.3) is 0 Å². The highest BCUT2D eigenvalue weighted by atomic mass is 16.6. The van der Waals surface area contributed by atoms with Crippen LogP contribution in [0.5, 0.6) is 0 Å². The number of benzene rings is 1. The topological polar surface area (TPSA) is 112 Å². The standard InChI is InChI=1S/C17H20N4O4/c1-17(2,3)25-16(24)21-9-11-8-12(19-14(22)6-7-18)4-5-13(11)20-15(23)10-21/h4-5,8H,6,9-10H2,1-3H3,(H,19,22)(H,20,23). The van der Waals surface area contributed by atoms with E-state index in [-0.39, 0.29) is 25.4 Å². The number of nitriles is 1. The number of nitrogens with zero attached hydrogens (tertiary/aromatic N) is 2. The Labute approximate surface area is 145 Å². The first-order valence-electron chi connectivity index (χ1n) is 7.75. The van der Waals surface area contributed by atoms with Gasteiger partial charge in [-0.15, -0.1) is 0 Å². The molecule has 1 heterocycles. The zero-order valence-corrected chi connectivity index (χ0v) is 14.4. The zero-order valence-electron chi connectivity index (χ0n) is 14.4. The number of carbonyl (C=O) groups is 3. The predicted octanol–water partition coefficient (Wildman–Crippen LogP) is 2.23. The summed E-state index contributed by atoms with van der Waals surface area (Å²) in [6.45, 7) is 5.28. The molecule has 0 spiro atoms. The molecule has 0 saturated carbocycles. The van der Waals surface area contributed by atoms with Gasteiger partial charge in [-0.25, -0.2) is 4.79 Å². The normalized spacial score (nSPS) is 13.8. The Morgan fingerprint density at radius 3 is 2.72 bits per heavy atom. The number of rotatable bonds is 2. The lowest BCUT2D eigenvalue weighted by molar-refractivity contribution is -0.117. The molecule has 1 aromatic rings. The molecule has 0 bridgehead atoms. The van der Waals surface area contributed by atoms with E-state index >= 15 is 0 Å². The Bertz CT molecular complexity index is 746. The van der Waals surface area contributed by atoms with Crippen molar-refractivity contribution in [2.45, 2.75) is 39.3 Å². The first-order valence-corrected chi connectivity index (χ1v) is 7.75. The fourth-order valence-electron chi connectivity index (χ4n) is 2.28. The van der Waals surface area contributed by atoms with E-state index in [9.17, 15) is 14.4 Å². The predicted molar refractivity (Wildman–Crippen MR) is 90.6 cm³/mol. The van der Waals surface area contributed by atoms with Gasteiger partial charge in [-0.05, 0) is 44.5 Å². The van der Waals surface area contributed by atoms with Crippen LogP contribution in [0.1, 0.15) is 32.8 Å². The van der Waals surface area contributed by atoms with Gasteiger partial charge >= 0.3 is 6.09 Å². The van der Waals surface area contributed by atoms with Crippen molar-refractivity contribution in [1.29, 1.82) is 5.26 Å². The smallest absolute Gasteiger partial charge is 0.411 e. The molecule has 0 saturated heterocycles. The van der Waals surface area contributed by atoms with Gasteiger partial charge < -0.3 is 15.4 Å². The lowest BCUT2D eigenvalue weighted by Gasteiger charge is -2.25. The number of hydrogen-bond donors (Lipinski definition) is 2. The molecular weight excluding hydrogens is 324 g/mol. The molecule has 0 fully saturated rings. The third kappa shape index (κ3) is 5.21. The van der Waals surface area contributed by atoms with Gasteiger partial charge in [0, 0.05) is 11.4 Å². The summed E-state index contributed by atoms with van der Waals surface area (Å²) in [5.41, 5.74) is 1.04. The van der Waals surface area contributed by atoms with Crippen LogP contribution < -0.4 is 10.6 Å². The first-order chi connectivity index (χ1) is 11.7. The molecule has 1 aliphatic rings. The molecule has 0 atom stereocenters. The second-order valence-electron chi connectivity index (χ2n) is 6.64. The van der Waals surface area contributed by atoms with Crippen molar-refractivity contribution >= 4 is 29.3 Å². The molecule has 3 amide bonds. The maximum absolute atomic E-state index is 12.3. The Morgan fingerprint density at radius 2 is 2.08 bits per heavy atom. The van der Waals surface area contributed by atoms with Crippen LogP contribution in [0.3, 0.4) is 0 Å². The SMILES string of the molecule is CC(C)(C)OC(=O)N1CC(=O)Nc2ccc(NC(=O)CC#N)cc2C1. The maximum Gasteiger partial charge on any atom is 0.411 e. The summed E-state index contributed by atoms with van der Waals surface area (Å²) >= 11 is 0. The van der Waals surface area contributed by atoms with Gasteiger partial charge in [0.1, 0.15) is 18.6 Å². The Balaban J connectivity index is 2.22. The molecule has 25 heavy (non-hydrogen) atoms. The number of carbonyl (C=O) groups excluding carboxylic acids is 3. The lowest BCUT2D eigenvalue weighted by atomic mass is 10.1. The van der Waals surface area contributed by atoms with Crippen LogP contribution in [0.25, 0.3) is 0 Å². The summed E-state index contributed by atoms with van der Waals surface area (Å²) < 4.78 is 5.32. The molecule has 0 radical (unpaired) electrons. The van der Waals surface area contributed by atoms with Crippen molar-refractivity contribution in [2.24, 2.45) is 0 Å². The van der Waals surface area contributed by atoms with E-state index in [1.807, 2.05) is 0 Å². The molecule has 8 nitrogen and oxygen atoms in total. The van der Waals surface area contributed by atoms with Crippen molar-refractivity contribution in [1.82, 2.24) is 4.90 Å². The molecule has 0 unspecified atom stereocenters. The molecule has 0 aromatic heterocycles. The largest absolute Gasteiger partial charge is 0.444 e. The molecule has 1 aromatic carbocycles. The third-order valence-electron chi connectivity index (χ3n) is 3.25. The van der Waals surface area contributed by atoms with E-state index in [0.29, 0.717) is 16.9 Å². The summed E-state index contributed by atoms with van der Waals surface area (Å²) in [7, 11) is 0. The van der Waals surface area contributed by atoms with Gasteiger partial charge in [-0.1, -0.05) is 0 Å². The summed E-state index contributed by atoms with van der Waals surface area (Å²) in [6.07, 6.45) is -0.841. The lowest BCUT2D eigenvalue weighted by Crippen LogP contribution is -2.39. The number of fused-ring (bicyclic) bond motifs is 1. The second-order valence-corrected chi connectivity index (χ2v) is 6.64. The van der Waals surface area contributed by atoms with Gasteiger partial charge in [0.2, 0.25) is 11.8 Å². The van der Waals surface area contributed by atoms with E-state index in [1.54, 1.807) is 45.0 Å². The Morgan fingerprint density at radius 1 is 1.36 bits per heavy atom. The van der Waals surface area contributed by atoms with Gasteiger partial charge in [-0.2, -0.15) is 5.26 Å². The average molecular weight is 344 g/mol. The van der Waals surface area contributed by atoms with Crippen LogP contribution in [-0.4, -0.2) is 35.0 Å². The van der Waals surface area contributed by atoms with Gasteiger partial charge in [0.05, 0.1) is 12.6 Å². The fourth-order valence-corrected chi connectivity index (χ4v) is 2.28. The van der Waals surface area contributed by atoms with E-state index < -0.39 is 17.6 Å². The van der Waals surface area contributed by atoms with E-state index in [1.165, 1.54) is 4.90 Å². The van der Waals surface area contributed by atoms with Crippen molar-refractivity contribution in [2.75, 3.05) is 17.2 Å². The van der Waals surface area contributed by atoms with E-state index in [2.05, 4.69) is 10.6 Å². The van der Waals surface area contributed by atoms with Crippen molar-refractivity contribution in [3.8, 4) is 6.07 Å². The van der Waals surface area contributed by atoms with E-state index in [0.717, 1.165) is 0 Å². The van der Waals surface area contributed by atoms with Gasteiger partial charge in [-0.3, -0.25) is 14.5 Å². The van der Waals surface area contributed by atoms with Gasteiger partial charge in [0.15, 0.2) is 0 Å². The van der Waals surface area contributed by atoms with E-state index in [4.69, 9.17) is 10.00 Å². The molecule has 132 valence electrons. The van der Waals surface area contributed by atoms with Crippen LogP contribution in [0.2, 0.25) is 0 Å². The zero-order chi connectivity index (χ0) is 18.6. The number of amides is 3. The van der Waals surface area contributed by atoms with Crippen molar-refractivity contribution < 1.29 is 19.1 Å². The number of nitrogens with one attached hydrogen (secondary N) is 2. The Hall–Kier alpha value is -3.08. The highest BCUT2D eigenvalue weighted by Gasteiger charge is 2.27. The molecule has 1 aliphatic heterocycles. The maximum atomic E-state index is 12.3. The summed E-state index contributed by atoms with van der Waals surface area (Å²) in [5, 5.41) is 13.9. The van der Waals surface area contributed by atoms with Crippen molar-refractivity contribution in [3.63, 3.8) is 0 Å². The van der Waals surface area contributed by atoms with Crippen LogP contribution >= 0.6 is 0 Å². The van der Waals surface area contributed by atoms with Crippen LogP contribution in [0.15, 0.2) is 18.2 Å². The summed E-state index contributed by atoms with van der Waals surface area (Å²) in [6, 6.07) is 6.70. The minimum absolute atomic E-state index is 0.125. The summed E-state index contributed by atoms with van der Waals surface area (Å²) in [5.74, 6) is -0.755. The minimum Gasteiger partial charge on any atom is -0.444 e. The van der Waals surface area contributed by atoms with Crippen LogP contribution in [0, 0.1) is 11.3 Å². The third-order valence-corrected chi connectivity index (χ3v) is 3.25. The highest BCUT2D eigenvalue weighted by Crippen LogP contribution is 2.25. The quantitative estimate of drug-likeness (QED) is 0.854. The first kappa shape index (κ1) is 18.3. The monoisotopic (exact) mass is 344 g/mol. The summed E-state index contributed by atoms with van der Waals surface area (Å²) in [4.78, 5) is 37.1. The van der Waals surface area contributed by atoms with Crippen LogP contribution in [0.4, 0.5) is 16.2 Å².